The molecule has 174 valence electrons. The first-order valence-electron chi connectivity index (χ1n) is 11.0. The molecule has 2 saturated heterocycles. The van der Waals surface area contributed by atoms with Gasteiger partial charge in [-0.25, -0.2) is 14.4 Å². The van der Waals surface area contributed by atoms with E-state index in [-0.39, 0.29) is 18.4 Å². The SMILES string of the molecule is CCCNC(=O)CN1C(=O)C2C(=NC=CC2=[N+]2CCN(C(=O)c3ccco3)CC2)N(C)C1=O. The van der Waals surface area contributed by atoms with Gasteiger partial charge in [-0.1, -0.05) is 6.92 Å². The molecule has 2 fully saturated rings. The van der Waals surface area contributed by atoms with E-state index in [4.69, 9.17) is 4.42 Å². The molecule has 5 amide bonds. The molecule has 1 atom stereocenters. The van der Waals surface area contributed by atoms with Crippen LogP contribution in [0.15, 0.2) is 40.1 Å². The first-order valence-corrected chi connectivity index (χ1v) is 11.0. The molecular weight excluding hydrogens is 428 g/mol. The Bertz CT molecular complexity index is 1050. The fourth-order valence-electron chi connectivity index (χ4n) is 4.16. The number of aliphatic imine (C=N–C) groups is 1. The van der Waals surface area contributed by atoms with Crippen molar-refractivity contribution in [2.75, 3.05) is 46.3 Å². The average molecular weight is 455 g/mol. The monoisotopic (exact) mass is 455 g/mol. The Labute approximate surface area is 191 Å². The van der Waals surface area contributed by atoms with Crippen molar-refractivity contribution in [3.63, 3.8) is 0 Å². The van der Waals surface area contributed by atoms with E-state index in [0.29, 0.717) is 50.0 Å². The zero-order valence-corrected chi connectivity index (χ0v) is 18.7. The number of rotatable bonds is 5. The van der Waals surface area contributed by atoms with Crippen LogP contribution in [0.2, 0.25) is 0 Å². The number of nitrogens with one attached hydrogen (secondary N) is 1. The normalized spacial score (nSPS) is 20.7. The van der Waals surface area contributed by atoms with Crippen molar-refractivity contribution in [1.82, 2.24) is 20.0 Å². The smallest absolute Gasteiger partial charge is 0.332 e. The number of allylic oxidation sites excluding steroid dienone is 1. The zero-order valence-electron chi connectivity index (χ0n) is 18.7. The van der Waals surface area contributed by atoms with Gasteiger partial charge in [0.1, 0.15) is 12.4 Å². The lowest BCUT2D eigenvalue weighted by molar-refractivity contribution is -0.538. The Morgan fingerprint density at radius 2 is 2.03 bits per heavy atom. The zero-order chi connectivity index (χ0) is 23.5. The fraction of sp³-hybridized carbons (Fsp3) is 0.455. The molecule has 3 aliphatic rings. The summed E-state index contributed by atoms with van der Waals surface area (Å²) >= 11 is 0. The summed E-state index contributed by atoms with van der Waals surface area (Å²) in [5.74, 6) is -1.19. The number of amides is 5. The highest BCUT2D eigenvalue weighted by atomic mass is 16.3. The van der Waals surface area contributed by atoms with Crippen LogP contribution < -0.4 is 5.32 Å². The molecular formula is C22H27N6O5+. The number of carbonyl (C=O) groups is 4. The fourth-order valence-corrected chi connectivity index (χ4v) is 4.16. The second-order valence-electron chi connectivity index (χ2n) is 8.03. The van der Waals surface area contributed by atoms with Crippen molar-refractivity contribution in [3.8, 4) is 0 Å². The first kappa shape index (κ1) is 22.4. The molecule has 3 aliphatic heterocycles. The summed E-state index contributed by atoms with van der Waals surface area (Å²) in [4.78, 5) is 59.2. The summed E-state index contributed by atoms with van der Waals surface area (Å²) in [5, 5.41) is 2.70. The van der Waals surface area contributed by atoms with Crippen molar-refractivity contribution in [3.05, 3.63) is 36.4 Å². The van der Waals surface area contributed by atoms with Gasteiger partial charge in [-0.3, -0.25) is 24.2 Å². The number of urea groups is 1. The van der Waals surface area contributed by atoms with Gasteiger partial charge in [0.25, 0.3) is 11.8 Å². The molecule has 1 aromatic heterocycles. The van der Waals surface area contributed by atoms with Gasteiger partial charge in [0.15, 0.2) is 30.5 Å². The van der Waals surface area contributed by atoms with E-state index in [9.17, 15) is 19.2 Å². The predicted molar refractivity (Wildman–Crippen MR) is 118 cm³/mol. The third kappa shape index (κ3) is 4.30. The van der Waals surface area contributed by atoms with Gasteiger partial charge in [-0.05, 0) is 18.6 Å². The molecule has 4 heterocycles. The Balaban J connectivity index is 1.54. The number of carbonyl (C=O) groups excluding carboxylic acids is 4. The van der Waals surface area contributed by atoms with Crippen LogP contribution in [-0.2, 0) is 9.59 Å². The number of piperazine rings is 1. The molecule has 1 aromatic rings. The molecule has 11 nitrogen and oxygen atoms in total. The van der Waals surface area contributed by atoms with Gasteiger partial charge in [0.05, 0.1) is 19.4 Å². The standard InChI is InChI=1S/C22H26N6O5/c1-3-7-23-17(29)14-28-21(31)18-15(6-8-24-19(18)25(2)22(28)32)26-9-11-27(12-10-26)20(30)16-5-4-13-33-16/h4-6,8,13,18H,3,7,9-12,14H2,1-2H3/p+1. The average Bonchev–Trinajstić information content (AvgIpc) is 3.38. The molecule has 1 N–H and O–H groups in total. The lowest BCUT2D eigenvalue weighted by atomic mass is 9.94. The van der Waals surface area contributed by atoms with Crippen LogP contribution in [0.5, 0.6) is 0 Å². The van der Waals surface area contributed by atoms with E-state index in [0.717, 1.165) is 11.3 Å². The van der Waals surface area contributed by atoms with Crippen molar-refractivity contribution >= 4 is 35.3 Å². The summed E-state index contributed by atoms with van der Waals surface area (Å²) in [5.41, 5.74) is 0.702. The van der Waals surface area contributed by atoms with Gasteiger partial charge < -0.3 is 14.6 Å². The number of imide groups is 1. The van der Waals surface area contributed by atoms with Crippen LogP contribution in [0.3, 0.4) is 0 Å². The summed E-state index contributed by atoms with van der Waals surface area (Å²) < 4.78 is 7.24. The van der Waals surface area contributed by atoms with E-state index >= 15 is 0 Å². The highest BCUT2D eigenvalue weighted by Crippen LogP contribution is 2.23. The highest BCUT2D eigenvalue weighted by Gasteiger charge is 2.49. The molecule has 0 spiro atoms. The van der Waals surface area contributed by atoms with Crippen LogP contribution in [0.1, 0.15) is 23.9 Å². The highest BCUT2D eigenvalue weighted by molar-refractivity contribution is 6.31. The minimum atomic E-state index is -0.788. The molecule has 0 saturated carbocycles. The van der Waals surface area contributed by atoms with E-state index in [1.807, 2.05) is 11.5 Å². The molecule has 33 heavy (non-hydrogen) atoms. The molecule has 0 radical (unpaired) electrons. The number of hydrogen-bond acceptors (Lipinski definition) is 6. The van der Waals surface area contributed by atoms with E-state index in [2.05, 4.69) is 10.3 Å². The van der Waals surface area contributed by atoms with E-state index in [1.54, 1.807) is 36.4 Å². The Morgan fingerprint density at radius 1 is 1.27 bits per heavy atom. The Morgan fingerprint density at radius 3 is 2.70 bits per heavy atom. The third-order valence-electron chi connectivity index (χ3n) is 5.92. The Hall–Kier alpha value is -3.76. The second-order valence-corrected chi connectivity index (χ2v) is 8.03. The lowest BCUT2D eigenvalue weighted by Crippen LogP contribution is -2.63. The van der Waals surface area contributed by atoms with Crippen molar-refractivity contribution in [2.45, 2.75) is 13.3 Å². The third-order valence-corrected chi connectivity index (χ3v) is 5.92. The molecule has 0 aromatic carbocycles. The number of furan rings is 1. The van der Waals surface area contributed by atoms with Gasteiger partial charge >= 0.3 is 6.03 Å². The summed E-state index contributed by atoms with van der Waals surface area (Å²) in [6.07, 6.45) is 5.55. The van der Waals surface area contributed by atoms with Crippen LogP contribution >= 0.6 is 0 Å². The Kier molecular flexibility index (Phi) is 6.38. The van der Waals surface area contributed by atoms with E-state index in [1.165, 1.54) is 11.2 Å². The summed E-state index contributed by atoms with van der Waals surface area (Å²) in [7, 11) is 1.55. The van der Waals surface area contributed by atoms with Gasteiger partial charge in [-0.15, -0.1) is 0 Å². The predicted octanol–water partition coefficient (Wildman–Crippen LogP) is 0.151. The maximum absolute atomic E-state index is 13.4. The van der Waals surface area contributed by atoms with E-state index < -0.39 is 17.9 Å². The maximum Gasteiger partial charge on any atom is 0.332 e. The van der Waals surface area contributed by atoms with Gasteiger partial charge in [0, 0.05) is 25.9 Å². The number of fused-ring (bicyclic) bond motifs is 1. The largest absolute Gasteiger partial charge is 0.459 e. The minimum Gasteiger partial charge on any atom is -0.459 e. The van der Waals surface area contributed by atoms with Crippen LogP contribution in [0, 0.1) is 5.92 Å². The maximum atomic E-state index is 13.4. The first-order chi connectivity index (χ1) is 15.9. The van der Waals surface area contributed by atoms with Crippen LogP contribution in [0.25, 0.3) is 0 Å². The van der Waals surface area contributed by atoms with Crippen LogP contribution in [-0.4, -0.2) is 101 Å². The van der Waals surface area contributed by atoms with Gasteiger partial charge in [-0.2, -0.15) is 0 Å². The van der Waals surface area contributed by atoms with Crippen molar-refractivity contribution in [2.24, 2.45) is 10.9 Å². The quantitative estimate of drug-likeness (QED) is 0.634. The number of hydrogen-bond donors (Lipinski definition) is 1. The van der Waals surface area contributed by atoms with Gasteiger partial charge in [0.2, 0.25) is 5.91 Å². The molecule has 4 rings (SSSR count). The number of amidine groups is 1. The summed E-state index contributed by atoms with van der Waals surface area (Å²) in [6, 6.07) is 2.73. The molecule has 1 unspecified atom stereocenters. The second kappa shape index (κ2) is 9.39. The van der Waals surface area contributed by atoms with Crippen molar-refractivity contribution < 1.29 is 28.2 Å². The summed E-state index contributed by atoms with van der Waals surface area (Å²) in [6.45, 7) is 4.00. The molecule has 11 heteroatoms. The molecule has 0 bridgehead atoms. The van der Waals surface area contributed by atoms with Crippen molar-refractivity contribution in [1.29, 1.82) is 0 Å². The number of nitrogens with zero attached hydrogens (tertiary/aromatic N) is 5. The topological polar surface area (TPSA) is 119 Å². The lowest BCUT2D eigenvalue weighted by Gasteiger charge is -2.37. The minimum absolute atomic E-state index is 0.172. The molecule has 0 aliphatic carbocycles. The van der Waals surface area contributed by atoms with Crippen LogP contribution in [0.4, 0.5) is 4.79 Å².